The van der Waals surface area contributed by atoms with Crippen LogP contribution in [0.1, 0.15) is 32.6 Å². The van der Waals surface area contributed by atoms with E-state index in [1.54, 1.807) is 12.1 Å². The maximum Gasteiger partial charge on any atom is 0.243 e. The van der Waals surface area contributed by atoms with E-state index in [1.807, 2.05) is 35.2 Å². The summed E-state index contributed by atoms with van der Waals surface area (Å²) >= 11 is 0. The van der Waals surface area contributed by atoms with Crippen LogP contribution in [0.4, 0.5) is 0 Å². The van der Waals surface area contributed by atoms with Gasteiger partial charge in [-0.3, -0.25) is 9.69 Å². The maximum atomic E-state index is 13.1. The van der Waals surface area contributed by atoms with Crippen molar-refractivity contribution in [2.75, 3.05) is 32.7 Å². The fourth-order valence-electron chi connectivity index (χ4n) is 4.49. The molecule has 1 heterocycles. The molecule has 0 bridgehead atoms. The molecule has 0 radical (unpaired) electrons. The number of carbonyl (C=O) groups is 1. The van der Waals surface area contributed by atoms with E-state index in [2.05, 4.69) is 12.2 Å². The van der Waals surface area contributed by atoms with Gasteiger partial charge in [0.05, 0.1) is 11.4 Å². The van der Waals surface area contributed by atoms with Gasteiger partial charge >= 0.3 is 0 Å². The van der Waals surface area contributed by atoms with Crippen molar-refractivity contribution < 1.29 is 13.2 Å². The number of amides is 1. The molecule has 4 rings (SSSR count). The van der Waals surface area contributed by atoms with Crippen LogP contribution in [0.5, 0.6) is 0 Å². The maximum absolute atomic E-state index is 13.1. The number of rotatable bonds is 5. The molecule has 0 atom stereocenters. The molecule has 2 aliphatic rings. The van der Waals surface area contributed by atoms with Crippen LogP contribution in [0.3, 0.4) is 0 Å². The predicted molar refractivity (Wildman–Crippen MR) is 119 cm³/mol. The van der Waals surface area contributed by atoms with E-state index in [1.165, 1.54) is 17.1 Å². The zero-order chi connectivity index (χ0) is 21.1. The number of hydrogen-bond acceptors (Lipinski definition) is 4. The first-order valence-corrected chi connectivity index (χ1v) is 12.4. The molecule has 0 unspecified atom stereocenters. The van der Waals surface area contributed by atoms with Gasteiger partial charge in [-0.05, 0) is 54.5 Å². The first-order chi connectivity index (χ1) is 14.4. The van der Waals surface area contributed by atoms with Gasteiger partial charge in [-0.1, -0.05) is 37.3 Å². The first-order valence-electron chi connectivity index (χ1n) is 10.9. The molecule has 0 spiro atoms. The van der Waals surface area contributed by atoms with E-state index in [-0.39, 0.29) is 5.91 Å². The van der Waals surface area contributed by atoms with Gasteiger partial charge in [0, 0.05) is 32.2 Å². The van der Waals surface area contributed by atoms with Crippen molar-refractivity contribution in [3.05, 3.63) is 42.5 Å². The van der Waals surface area contributed by atoms with Crippen molar-refractivity contribution >= 4 is 26.7 Å². The summed E-state index contributed by atoms with van der Waals surface area (Å²) in [6, 6.07) is 13.3. The number of piperazine rings is 1. The highest BCUT2D eigenvalue weighted by atomic mass is 32.2. The number of sulfonamides is 1. The summed E-state index contributed by atoms with van der Waals surface area (Å²) in [6.07, 6.45) is 4.47. The second-order valence-electron chi connectivity index (χ2n) is 8.71. The van der Waals surface area contributed by atoms with Crippen molar-refractivity contribution in [3.63, 3.8) is 0 Å². The Morgan fingerprint density at radius 2 is 1.63 bits per heavy atom. The molecule has 2 aromatic rings. The zero-order valence-corrected chi connectivity index (χ0v) is 18.4. The highest BCUT2D eigenvalue weighted by molar-refractivity contribution is 7.89. The van der Waals surface area contributed by atoms with Crippen LogP contribution in [0, 0.1) is 5.92 Å². The smallest absolute Gasteiger partial charge is 0.243 e. The Labute approximate surface area is 179 Å². The summed E-state index contributed by atoms with van der Waals surface area (Å²) in [5, 5.41) is 5.11. The van der Waals surface area contributed by atoms with Gasteiger partial charge in [0.1, 0.15) is 0 Å². The minimum Gasteiger partial charge on any atom is -0.352 e. The summed E-state index contributed by atoms with van der Waals surface area (Å²) in [6.45, 7) is 4.57. The predicted octanol–water partition coefficient (Wildman–Crippen LogP) is 2.84. The second-order valence-corrected chi connectivity index (χ2v) is 10.7. The van der Waals surface area contributed by atoms with Gasteiger partial charge in [0.15, 0.2) is 0 Å². The molecule has 30 heavy (non-hydrogen) atoms. The normalized spacial score (nSPS) is 24.0. The zero-order valence-electron chi connectivity index (χ0n) is 17.6. The standard InChI is InChI=1S/C23H31N3O3S/c1-18-6-9-21(10-7-18)24-23(27)17-25-12-14-26(15-13-25)30(28,29)22-11-8-19-4-2-3-5-20(19)16-22/h2-5,8,11,16,18,21H,6-7,9-10,12-15,17H2,1H3,(H,24,27). The van der Waals surface area contributed by atoms with E-state index in [0.717, 1.165) is 29.5 Å². The van der Waals surface area contributed by atoms with Crippen molar-refractivity contribution in [1.29, 1.82) is 0 Å². The van der Waals surface area contributed by atoms with Crippen LogP contribution in [0.25, 0.3) is 10.8 Å². The third kappa shape index (κ3) is 4.85. The van der Waals surface area contributed by atoms with Crippen LogP contribution < -0.4 is 5.32 Å². The topological polar surface area (TPSA) is 69.7 Å². The Morgan fingerprint density at radius 3 is 2.33 bits per heavy atom. The minimum absolute atomic E-state index is 0.0559. The molecule has 1 aliphatic heterocycles. The highest BCUT2D eigenvalue weighted by Crippen LogP contribution is 2.24. The largest absolute Gasteiger partial charge is 0.352 e. The second kappa shape index (κ2) is 9.04. The molecule has 1 saturated carbocycles. The van der Waals surface area contributed by atoms with Crippen molar-refractivity contribution in [2.24, 2.45) is 5.92 Å². The molecule has 1 amide bonds. The van der Waals surface area contributed by atoms with Gasteiger partial charge in [-0.15, -0.1) is 0 Å². The molecular weight excluding hydrogens is 398 g/mol. The number of nitrogens with zero attached hydrogens (tertiary/aromatic N) is 2. The molecule has 1 aliphatic carbocycles. The van der Waals surface area contributed by atoms with Crippen LogP contribution in [0.2, 0.25) is 0 Å². The van der Waals surface area contributed by atoms with E-state index >= 15 is 0 Å². The highest BCUT2D eigenvalue weighted by Gasteiger charge is 2.29. The summed E-state index contributed by atoms with van der Waals surface area (Å²) in [5.74, 6) is 0.816. The first kappa shape index (κ1) is 21.3. The van der Waals surface area contributed by atoms with Crippen molar-refractivity contribution in [2.45, 2.75) is 43.5 Å². The molecule has 1 saturated heterocycles. The molecular formula is C23H31N3O3S. The number of hydrogen-bond donors (Lipinski definition) is 1. The summed E-state index contributed by atoms with van der Waals surface area (Å²) in [7, 11) is -3.53. The number of benzene rings is 2. The van der Waals surface area contributed by atoms with E-state index in [0.29, 0.717) is 43.7 Å². The summed E-state index contributed by atoms with van der Waals surface area (Å²) in [4.78, 5) is 14.8. The lowest BCUT2D eigenvalue weighted by Gasteiger charge is -2.34. The Kier molecular flexibility index (Phi) is 6.41. The summed E-state index contributed by atoms with van der Waals surface area (Å²) in [5.41, 5.74) is 0. The molecule has 0 aromatic heterocycles. The Balaban J connectivity index is 1.31. The molecule has 6 nitrogen and oxygen atoms in total. The fraction of sp³-hybridized carbons (Fsp3) is 0.522. The van der Waals surface area contributed by atoms with E-state index in [4.69, 9.17) is 0 Å². The monoisotopic (exact) mass is 429 g/mol. The number of carbonyl (C=O) groups excluding carboxylic acids is 1. The van der Waals surface area contributed by atoms with E-state index < -0.39 is 10.0 Å². The van der Waals surface area contributed by atoms with Gasteiger partial charge < -0.3 is 5.32 Å². The van der Waals surface area contributed by atoms with Gasteiger partial charge in [0.25, 0.3) is 0 Å². The third-order valence-electron chi connectivity index (χ3n) is 6.44. The van der Waals surface area contributed by atoms with Gasteiger partial charge in [-0.2, -0.15) is 4.31 Å². The summed E-state index contributed by atoms with van der Waals surface area (Å²) < 4.78 is 27.7. The van der Waals surface area contributed by atoms with Crippen LogP contribution in [0.15, 0.2) is 47.4 Å². The lowest BCUT2D eigenvalue weighted by molar-refractivity contribution is -0.123. The Bertz CT molecular complexity index is 992. The fourth-order valence-corrected chi connectivity index (χ4v) is 5.94. The van der Waals surface area contributed by atoms with Crippen LogP contribution >= 0.6 is 0 Å². The molecule has 162 valence electrons. The van der Waals surface area contributed by atoms with E-state index in [9.17, 15) is 13.2 Å². The number of fused-ring (bicyclic) bond motifs is 1. The molecule has 2 aromatic carbocycles. The average Bonchev–Trinajstić information content (AvgIpc) is 2.75. The lowest BCUT2D eigenvalue weighted by atomic mass is 9.87. The van der Waals surface area contributed by atoms with Gasteiger partial charge in [-0.25, -0.2) is 8.42 Å². The number of nitrogens with one attached hydrogen (secondary N) is 1. The SMILES string of the molecule is CC1CCC(NC(=O)CN2CCN(S(=O)(=O)c3ccc4ccccc4c3)CC2)CC1. The quantitative estimate of drug-likeness (QED) is 0.794. The molecule has 1 N–H and O–H groups in total. The average molecular weight is 430 g/mol. The lowest BCUT2D eigenvalue weighted by Crippen LogP contribution is -2.52. The van der Waals surface area contributed by atoms with Crippen molar-refractivity contribution in [3.8, 4) is 0 Å². The third-order valence-corrected chi connectivity index (χ3v) is 8.33. The van der Waals surface area contributed by atoms with Crippen LogP contribution in [-0.4, -0.2) is 62.3 Å². The Morgan fingerprint density at radius 1 is 0.967 bits per heavy atom. The molecule has 7 heteroatoms. The van der Waals surface area contributed by atoms with Gasteiger partial charge in [0.2, 0.25) is 15.9 Å². The Hall–Kier alpha value is -1.96. The van der Waals surface area contributed by atoms with Crippen LogP contribution in [-0.2, 0) is 14.8 Å². The minimum atomic E-state index is -3.53. The molecule has 2 fully saturated rings. The van der Waals surface area contributed by atoms with Crippen molar-refractivity contribution in [1.82, 2.24) is 14.5 Å².